The molecule has 4 heteroatoms. The van der Waals surface area contributed by atoms with Gasteiger partial charge in [-0.25, -0.2) is 0 Å². The van der Waals surface area contributed by atoms with Crippen molar-refractivity contribution in [1.29, 1.82) is 0 Å². The molecular formula is C17H24N2O2. The van der Waals surface area contributed by atoms with E-state index in [9.17, 15) is 9.59 Å². The largest absolute Gasteiger partial charge is 0.343 e. The van der Waals surface area contributed by atoms with Crippen molar-refractivity contribution >= 4 is 11.7 Å². The Hall–Kier alpha value is -1.68. The van der Waals surface area contributed by atoms with Gasteiger partial charge in [0.05, 0.1) is 12.1 Å². The molecule has 0 bridgehead atoms. The van der Waals surface area contributed by atoms with E-state index in [-0.39, 0.29) is 18.2 Å². The summed E-state index contributed by atoms with van der Waals surface area (Å²) >= 11 is 0. The minimum atomic E-state index is -0.624. The van der Waals surface area contributed by atoms with Crippen LogP contribution in [0, 0.1) is 13.8 Å². The number of Topliss-reactive ketones (excluding diaryl/α,β-unsaturated/α-hetero) is 1. The van der Waals surface area contributed by atoms with Crippen molar-refractivity contribution in [3.8, 4) is 0 Å². The second-order valence-corrected chi connectivity index (χ2v) is 6.45. The second kappa shape index (κ2) is 5.60. The number of hydrogen-bond donors (Lipinski definition) is 0. The maximum atomic E-state index is 12.6. The first-order valence-corrected chi connectivity index (χ1v) is 7.34. The van der Waals surface area contributed by atoms with Gasteiger partial charge in [0.25, 0.3) is 0 Å². The maximum absolute atomic E-state index is 12.6. The lowest BCUT2D eigenvalue weighted by atomic mass is 9.95. The molecule has 1 fully saturated rings. The standard InChI is InChI=1S/C17H24N2O2/c1-12-6-7-14(13(2)10-12)15(20)11-19-9-8-18(5)16(21)17(19,3)4/h6-7,10H,8-9,11H2,1-5H3. The normalized spacial score (nSPS) is 18.9. The summed E-state index contributed by atoms with van der Waals surface area (Å²) in [5, 5.41) is 0. The lowest BCUT2D eigenvalue weighted by molar-refractivity contribution is -0.146. The molecule has 114 valence electrons. The van der Waals surface area contributed by atoms with Crippen LogP contribution in [-0.4, -0.2) is 53.7 Å². The van der Waals surface area contributed by atoms with Crippen molar-refractivity contribution in [2.75, 3.05) is 26.7 Å². The van der Waals surface area contributed by atoms with Gasteiger partial charge in [0.15, 0.2) is 5.78 Å². The zero-order valence-corrected chi connectivity index (χ0v) is 13.6. The molecule has 0 radical (unpaired) electrons. The van der Waals surface area contributed by atoms with Crippen LogP contribution in [0.15, 0.2) is 18.2 Å². The molecule has 1 aromatic carbocycles. The Balaban J connectivity index is 2.17. The van der Waals surface area contributed by atoms with Crippen LogP contribution in [0.2, 0.25) is 0 Å². The number of hydrogen-bond acceptors (Lipinski definition) is 3. The highest BCUT2D eigenvalue weighted by Crippen LogP contribution is 2.22. The van der Waals surface area contributed by atoms with Crippen LogP contribution in [0.25, 0.3) is 0 Å². The molecule has 1 aromatic rings. The molecule has 21 heavy (non-hydrogen) atoms. The predicted octanol–water partition coefficient (Wildman–Crippen LogP) is 2.04. The molecule has 0 unspecified atom stereocenters. The van der Waals surface area contributed by atoms with Crippen molar-refractivity contribution in [1.82, 2.24) is 9.80 Å². The average Bonchev–Trinajstić information content (AvgIpc) is 2.40. The van der Waals surface area contributed by atoms with Crippen LogP contribution in [0.5, 0.6) is 0 Å². The van der Waals surface area contributed by atoms with Gasteiger partial charge in [-0.2, -0.15) is 0 Å². The van der Waals surface area contributed by atoms with Gasteiger partial charge in [0.2, 0.25) is 5.91 Å². The van der Waals surface area contributed by atoms with Gasteiger partial charge in [0, 0.05) is 25.7 Å². The monoisotopic (exact) mass is 288 g/mol. The Morgan fingerprint density at radius 3 is 2.52 bits per heavy atom. The first-order valence-electron chi connectivity index (χ1n) is 7.34. The van der Waals surface area contributed by atoms with Gasteiger partial charge in [-0.15, -0.1) is 0 Å². The number of rotatable bonds is 3. The van der Waals surface area contributed by atoms with E-state index < -0.39 is 5.54 Å². The number of carbonyl (C=O) groups is 2. The molecule has 1 saturated heterocycles. The molecule has 0 saturated carbocycles. The van der Waals surface area contributed by atoms with Gasteiger partial charge >= 0.3 is 0 Å². The topological polar surface area (TPSA) is 40.6 Å². The Bertz CT molecular complexity index is 578. The van der Waals surface area contributed by atoms with Crippen LogP contribution in [0.1, 0.15) is 35.3 Å². The van der Waals surface area contributed by atoms with Gasteiger partial charge in [-0.05, 0) is 33.3 Å². The second-order valence-electron chi connectivity index (χ2n) is 6.45. The van der Waals surface area contributed by atoms with Crippen LogP contribution in [0.3, 0.4) is 0 Å². The number of amides is 1. The zero-order chi connectivity index (χ0) is 15.8. The van der Waals surface area contributed by atoms with Crippen LogP contribution >= 0.6 is 0 Å². The van der Waals surface area contributed by atoms with Crippen molar-refractivity contribution in [3.63, 3.8) is 0 Å². The van der Waals surface area contributed by atoms with Crippen molar-refractivity contribution in [3.05, 3.63) is 34.9 Å². The van der Waals surface area contributed by atoms with E-state index in [0.717, 1.165) is 23.2 Å². The molecule has 0 N–H and O–H groups in total. The highest BCUT2D eigenvalue weighted by molar-refractivity contribution is 5.99. The summed E-state index contributed by atoms with van der Waals surface area (Å²) in [6.45, 7) is 9.44. The van der Waals surface area contributed by atoms with E-state index in [1.165, 1.54) is 0 Å². The molecular weight excluding hydrogens is 264 g/mol. The lowest BCUT2D eigenvalue weighted by Gasteiger charge is -2.44. The van der Waals surface area contributed by atoms with Crippen LogP contribution in [0.4, 0.5) is 0 Å². The van der Waals surface area contributed by atoms with Crippen molar-refractivity contribution < 1.29 is 9.59 Å². The van der Waals surface area contributed by atoms with Crippen LogP contribution in [-0.2, 0) is 4.79 Å². The van der Waals surface area contributed by atoms with Gasteiger partial charge in [-0.1, -0.05) is 23.8 Å². The fourth-order valence-corrected chi connectivity index (χ4v) is 2.92. The summed E-state index contributed by atoms with van der Waals surface area (Å²) in [7, 11) is 1.81. The predicted molar refractivity (Wildman–Crippen MR) is 83.5 cm³/mol. The summed E-state index contributed by atoms with van der Waals surface area (Å²) in [6, 6.07) is 5.87. The molecule has 0 aromatic heterocycles. The number of piperazine rings is 1. The van der Waals surface area contributed by atoms with E-state index in [4.69, 9.17) is 0 Å². The van der Waals surface area contributed by atoms with Gasteiger partial charge < -0.3 is 4.90 Å². The number of ketones is 1. The summed E-state index contributed by atoms with van der Waals surface area (Å²) < 4.78 is 0. The molecule has 0 spiro atoms. The van der Waals surface area contributed by atoms with Gasteiger partial charge in [-0.3, -0.25) is 14.5 Å². The highest BCUT2D eigenvalue weighted by Gasteiger charge is 2.41. The fraction of sp³-hybridized carbons (Fsp3) is 0.529. The molecule has 1 amide bonds. The van der Waals surface area contributed by atoms with Crippen molar-refractivity contribution in [2.45, 2.75) is 33.2 Å². The Labute approximate surface area is 126 Å². The van der Waals surface area contributed by atoms with E-state index in [0.29, 0.717) is 6.54 Å². The molecule has 4 nitrogen and oxygen atoms in total. The number of likely N-dealkylation sites (N-methyl/N-ethyl adjacent to an activating group) is 1. The maximum Gasteiger partial charge on any atom is 0.242 e. The minimum absolute atomic E-state index is 0.0715. The van der Waals surface area contributed by atoms with Gasteiger partial charge in [0.1, 0.15) is 0 Å². The summed E-state index contributed by atoms with van der Waals surface area (Å²) in [5.41, 5.74) is 2.28. The van der Waals surface area contributed by atoms with E-state index >= 15 is 0 Å². The van der Waals surface area contributed by atoms with Crippen LogP contribution < -0.4 is 0 Å². The fourth-order valence-electron chi connectivity index (χ4n) is 2.92. The Morgan fingerprint density at radius 2 is 1.90 bits per heavy atom. The first-order chi connectivity index (χ1) is 9.73. The SMILES string of the molecule is Cc1ccc(C(=O)CN2CCN(C)C(=O)C2(C)C)c(C)c1. The number of nitrogens with zero attached hydrogens (tertiary/aromatic N) is 2. The van der Waals surface area contributed by atoms with Crippen molar-refractivity contribution in [2.24, 2.45) is 0 Å². The zero-order valence-electron chi connectivity index (χ0n) is 13.6. The molecule has 0 atom stereocenters. The van der Waals surface area contributed by atoms with E-state index in [2.05, 4.69) is 0 Å². The number of aryl methyl sites for hydroxylation is 2. The lowest BCUT2D eigenvalue weighted by Crippen LogP contribution is -2.62. The third-order valence-corrected chi connectivity index (χ3v) is 4.38. The molecule has 1 aliphatic heterocycles. The molecule has 1 aliphatic rings. The summed E-state index contributed by atoms with van der Waals surface area (Å²) in [6.07, 6.45) is 0. The number of benzene rings is 1. The minimum Gasteiger partial charge on any atom is -0.343 e. The molecule has 2 rings (SSSR count). The Kier molecular flexibility index (Phi) is 4.19. The third kappa shape index (κ3) is 3.00. The molecule has 0 aliphatic carbocycles. The number of carbonyl (C=O) groups excluding carboxylic acids is 2. The quantitative estimate of drug-likeness (QED) is 0.799. The molecule has 1 heterocycles. The average molecular weight is 288 g/mol. The first kappa shape index (κ1) is 15.7. The Morgan fingerprint density at radius 1 is 1.24 bits per heavy atom. The highest BCUT2D eigenvalue weighted by atomic mass is 16.2. The summed E-state index contributed by atoms with van der Waals surface area (Å²) in [4.78, 5) is 28.5. The summed E-state index contributed by atoms with van der Waals surface area (Å²) in [5.74, 6) is 0.153. The van der Waals surface area contributed by atoms with E-state index in [1.807, 2.05) is 57.8 Å². The smallest absolute Gasteiger partial charge is 0.242 e. The third-order valence-electron chi connectivity index (χ3n) is 4.38. The van der Waals surface area contributed by atoms with E-state index in [1.54, 1.807) is 4.90 Å².